The van der Waals surface area contributed by atoms with Crippen LogP contribution in [0.4, 0.5) is 13.6 Å². The summed E-state index contributed by atoms with van der Waals surface area (Å²) in [5.74, 6) is -1.26. The topological polar surface area (TPSA) is 76.1 Å². The van der Waals surface area contributed by atoms with Crippen molar-refractivity contribution >= 4 is 23.8 Å². The van der Waals surface area contributed by atoms with E-state index < -0.39 is 30.1 Å². The van der Waals surface area contributed by atoms with Crippen LogP contribution in [0.2, 0.25) is 0 Å². The normalized spacial score (nSPS) is 18.9. The second-order valence-corrected chi connectivity index (χ2v) is 9.32. The molecular formula is C26H21F2NO5S. The highest BCUT2D eigenvalue weighted by Gasteiger charge is 2.44. The first-order chi connectivity index (χ1) is 16.9. The van der Waals surface area contributed by atoms with E-state index in [1.54, 1.807) is 6.07 Å². The van der Waals surface area contributed by atoms with Gasteiger partial charge in [0.05, 0.1) is 0 Å². The lowest BCUT2D eigenvalue weighted by molar-refractivity contribution is -0.141. The molecule has 1 aliphatic carbocycles. The van der Waals surface area contributed by atoms with E-state index in [4.69, 9.17) is 4.74 Å². The number of carboxylic acid groups (broad SMARTS) is 1. The molecule has 1 N–H and O–H groups in total. The smallest absolute Gasteiger partial charge is 0.411 e. The molecular weight excluding hydrogens is 476 g/mol. The molecule has 2 atom stereocenters. The Balaban J connectivity index is 1.39. The number of nitrogens with zero attached hydrogens (tertiary/aromatic N) is 1. The average molecular weight is 498 g/mol. The summed E-state index contributed by atoms with van der Waals surface area (Å²) in [6.45, 7) is -2.95. The maximum atomic E-state index is 13.3. The molecule has 1 heterocycles. The fourth-order valence-electron chi connectivity index (χ4n) is 4.69. The Kier molecular flexibility index (Phi) is 6.34. The molecule has 1 amide bonds. The molecule has 0 aromatic heterocycles. The van der Waals surface area contributed by atoms with Crippen molar-refractivity contribution in [2.75, 3.05) is 12.4 Å². The van der Waals surface area contributed by atoms with Gasteiger partial charge in [0, 0.05) is 11.7 Å². The Labute approximate surface area is 204 Å². The van der Waals surface area contributed by atoms with Crippen molar-refractivity contribution in [3.8, 4) is 16.9 Å². The van der Waals surface area contributed by atoms with Gasteiger partial charge in [-0.05, 0) is 39.9 Å². The number of rotatable bonds is 6. The minimum Gasteiger partial charge on any atom is -0.480 e. The number of amides is 1. The van der Waals surface area contributed by atoms with Crippen molar-refractivity contribution in [1.29, 1.82) is 0 Å². The number of benzene rings is 3. The average Bonchev–Trinajstić information content (AvgIpc) is 3.43. The molecule has 9 heteroatoms. The third-order valence-electron chi connectivity index (χ3n) is 6.20. The maximum Gasteiger partial charge on any atom is 0.411 e. The van der Waals surface area contributed by atoms with Gasteiger partial charge in [-0.15, -0.1) is 11.8 Å². The van der Waals surface area contributed by atoms with Crippen LogP contribution < -0.4 is 4.74 Å². The van der Waals surface area contributed by atoms with Crippen molar-refractivity contribution in [2.24, 2.45) is 0 Å². The van der Waals surface area contributed by atoms with Crippen LogP contribution in [0.1, 0.15) is 28.0 Å². The fourth-order valence-corrected chi connectivity index (χ4v) is 6.09. The standard InChI is InChI=1S/C26H21F2NO5S/c27-25(28)34-16-7-5-6-15(12-16)23-29(22(14-35-23)24(30)31)26(32)33-13-21-19-10-3-1-8-17(19)18-9-2-4-11-20(18)21/h1-12,21-23,25H,13-14H2,(H,30,31)/t22-,23?/m0/s1. The number of halogens is 2. The molecule has 2 aliphatic rings. The lowest BCUT2D eigenvalue weighted by Gasteiger charge is -2.27. The summed E-state index contributed by atoms with van der Waals surface area (Å²) in [7, 11) is 0. The quantitative estimate of drug-likeness (QED) is 0.468. The van der Waals surface area contributed by atoms with E-state index in [2.05, 4.69) is 4.74 Å². The minimum atomic E-state index is -2.99. The Morgan fingerprint density at radius 2 is 1.66 bits per heavy atom. The molecule has 3 aromatic carbocycles. The van der Waals surface area contributed by atoms with Crippen molar-refractivity contribution in [3.05, 3.63) is 89.5 Å². The zero-order valence-corrected chi connectivity index (χ0v) is 19.2. The van der Waals surface area contributed by atoms with E-state index in [9.17, 15) is 23.5 Å². The summed E-state index contributed by atoms with van der Waals surface area (Å²) in [6.07, 6.45) is -0.769. The van der Waals surface area contributed by atoms with Gasteiger partial charge in [0.15, 0.2) is 0 Å². The Hall–Kier alpha value is -3.59. The highest BCUT2D eigenvalue weighted by Crippen LogP contribution is 2.46. The second-order valence-electron chi connectivity index (χ2n) is 8.20. The maximum absolute atomic E-state index is 13.3. The zero-order chi connectivity index (χ0) is 24.5. The first kappa shape index (κ1) is 23.2. The third-order valence-corrected chi connectivity index (χ3v) is 7.52. The lowest BCUT2D eigenvalue weighted by Crippen LogP contribution is -2.43. The molecule has 0 bridgehead atoms. The van der Waals surface area contributed by atoms with Gasteiger partial charge < -0.3 is 14.6 Å². The van der Waals surface area contributed by atoms with E-state index in [1.807, 2.05) is 48.5 Å². The summed E-state index contributed by atoms with van der Waals surface area (Å²) in [6, 6.07) is 20.6. The van der Waals surface area contributed by atoms with Crippen LogP contribution in [0.25, 0.3) is 11.1 Å². The SMILES string of the molecule is O=C(O)[C@@H]1CSC(c2cccc(OC(F)F)c2)N1C(=O)OCC1c2ccccc2-c2ccccc21. The molecule has 180 valence electrons. The van der Waals surface area contributed by atoms with Crippen LogP contribution in [0.3, 0.4) is 0 Å². The first-order valence-corrected chi connectivity index (χ1v) is 12.0. The van der Waals surface area contributed by atoms with Crippen molar-refractivity contribution in [1.82, 2.24) is 4.90 Å². The van der Waals surface area contributed by atoms with Gasteiger partial charge >= 0.3 is 18.7 Å². The second kappa shape index (κ2) is 9.58. The predicted octanol–water partition coefficient (Wildman–Crippen LogP) is 5.74. The predicted molar refractivity (Wildman–Crippen MR) is 127 cm³/mol. The molecule has 5 rings (SSSR count). The summed E-state index contributed by atoms with van der Waals surface area (Å²) in [5, 5.41) is 9.01. The van der Waals surface area contributed by atoms with Crippen LogP contribution >= 0.6 is 11.8 Å². The summed E-state index contributed by atoms with van der Waals surface area (Å²) >= 11 is 1.23. The monoisotopic (exact) mass is 497 g/mol. The van der Waals surface area contributed by atoms with Crippen LogP contribution in [0, 0.1) is 0 Å². The minimum absolute atomic E-state index is 0.0433. The number of hydrogen-bond donors (Lipinski definition) is 1. The molecule has 1 unspecified atom stereocenters. The Morgan fingerprint density at radius 1 is 1.00 bits per heavy atom. The van der Waals surface area contributed by atoms with Crippen LogP contribution in [-0.4, -0.2) is 47.1 Å². The van der Waals surface area contributed by atoms with Crippen LogP contribution in [0.5, 0.6) is 5.75 Å². The lowest BCUT2D eigenvalue weighted by atomic mass is 9.98. The number of fused-ring (bicyclic) bond motifs is 3. The molecule has 0 spiro atoms. The van der Waals surface area contributed by atoms with Crippen LogP contribution in [0.15, 0.2) is 72.8 Å². The number of aliphatic carboxylic acids is 1. The van der Waals surface area contributed by atoms with Gasteiger partial charge in [0.1, 0.15) is 23.8 Å². The van der Waals surface area contributed by atoms with E-state index in [1.165, 1.54) is 34.9 Å². The first-order valence-electron chi connectivity index (χ1n) is 11.0. The molecule has 3 aromatic rings. The summed E-state index contributed by atoms with van der Waals surface area (Å²) in [4.78, 5) is 26.3. The van der Waals surface area contributed by atoms with Gasteiger partial charge in [-0.25, -0.2) is 9.59 Å². The van der Waals surface area contributed by atoms with E-state index in [-0.39, 0.29) is 24.0 Å². The molecule has 1 saturated heterocycles. The van der Waals surface area contributed by atoms with Gasteiger partial charge in [-0.2, -0.15) is 8.78 Å². The Bertz CT molecular complexity index is 1220. The molecule has 1 aliphatic heterocycles. The number of alkyl halides is 2. The number of carbonyl (C=O) groups is 2. The van der Waals surface area contributed by atoms with Crippen LogP contribution in [-0.2, 0) is 9.53 Å². The van der Waals surface area contributed by atoms with Gasteiger partial charge in [0.25, 0.3) is 0 Å². The van der Waals surface area contributed by atoms with E-state index in [0.717, 1.165) is 22.3 Å². The van der Waals surface area contributed by atoms with E-state index >= 15 is 0 Å². The molecule has 0 radical (unpaired) electrons. The number of hydrogen-bond acceptors (Lipinski definition) is 5. The van der Waals surface area contributed by atoms with E-state index in [0.29, 0.717) is 5.56 Å². The summed E-state index contributed by atoms with van der Waals surface area (Å²) < 4.78 is 35.5. The van der Waals surface area contributed by atoms with Gasteiger partial charge in [0.2, 0.25) is 0 Å². The number of ether oxygens (including phenoxy) is 2. The van der Waals surface area contributed by atoms with Gasteiger partial charge in [-0.1, -0.05) is 60.7 Å². The fraction of sp³-hybridized carbons (Fsp3) is 0.231. The Morgan fingerprint density at radius 3 is 2.29 bits per heavy atom. The zero-order valence-electron chi connectivity index (χ0n) is 18.3. The summed E-state index contributed by atoms with van der Waals surface area (Å²) in [5.41, 5.74) is 4.72. The van der Waals surface area contributed by atoms with Crippen molar-refractivity contribution < 1.29 is 33.0 Å². The largest absolute Gasteiger partial charge is 0.480 e. The van der Waals surface area contributed by atoms with Crippen molar-refractivity contribution in [2.45, 2.75) is 23.9 Å². The van der Waals surface area contributed by atoms with Gasteiger partial charge in [-0.3, -0.25) is 4.90 Å². The number of carbonyl (C=O) groups excluding carboxylic acids is 1. The highest BCUT2D eigenvalue weighted by molar-refractivity contribution is 7.99. The third kappa shape index (κ3) is 4.43. The molecule has 35 heavy (non-hydrogen) atoms. The van der Waals surface area contributed by atoms with Crippen molar-refractivity contribution in [3.63, 3.8) is 0 Å². The molecule has 1 fully saturated rings. The molecule has 0 saturated carbocycles. The highest BCUT2D eigenvalue weighted by atomic mass is 32.2. The number of carboxylic acids is 1. The molecule has 6 nitrogen and oxygen atoms in total. The number of thioether (sulfide) groups is 1.